The molecular weight excluding hydrogens is 207 g/mol. The van der Waals surface area contributed by atoms with E-state index >= 15 is 0 Å². The Balaban J connectivity index is 3.29. The van der Waals surface area contributed by atoms with Crippen molar-refractivity contribution in [3.8, 4) is 5.75 Å². The van der Waals surface area contributed by atoms with Gasteiger partial charge in [-0.25, -0.2) is 4.39 Å². The van der Waals surface area contributed by atoms with Gasteiger partial charge in [-0.15, -0.1) is 0 Å². The second-order valence-corrected chi connectivity index (χ2v) is 3.47. The second kappa shape index (κ2) is 4.62. The first-order chi connectivity index (χ1) is 6.61. The van der Waals surface area contributed by atoms with Crippen LogP contribution >= 0.6 is 11.6 Å². The first-order valence-electron chi connectivity index (χ1n) is 4.24. The molecule has 0 aliphatic carbocycles. The fourth-order valence-electron chi connectivity index (χ4n) is 1.31. The van der Waals surface area contributed by atoms with Gasteiger partial charge in [0.05, 0.1) is 7.11 Å². The second-order valence-electron chi connectivity index (χ2n) is 3.06. The lowest BCUT2D eigenvalue weighted by Crippen LogP contribution is -2.04. The van der Waals surface area contributed by atoms with Crippen LogP contribution in [-0.4, -0.2) is 18.8 Å². The Hall–Kier alpha value is -0.800. The first kappa shape index (κ1) is 11.3. The Labute approximate surface area is 87.3 Å². The Bertz CT molecular complexity index is 328. The molecule has 0 aliphatic heterocycles. The Morgan fingerprint density at radius 1 is 1.57 bits per heavy atom. The highest BCUT2D eigenvalue weighted by molar-refractivity contribution is 6.31. The van der Waals surface area contributed by atoms with Crippen LogP contribution in [0, 0.1) is 5.82 Å². The molecule has 1 aromatic rings. The van der Waals surface area contributed by atoms with Crippen LogP contribution in [0.1, 0.15) is 18.4 Å². The van der Waals surface area contributed by atoms with Crippen LogP contribution in [-0.2, 0) is 0 Å². The van der Waals surface area contributed by atoms with Crippen molar-refractivity contribution in [3.05, 3.63) is 28.5 Å². The van der Waals surface area contributed by atoms with E-state index in [2.05, 4.69) is 0 Å². The van der Waals surface area contributed by atoms with Gasteiger partial charge >= 0.3 is 0 Å². The minimum atomic E-state index is -0.466. The van der Waals surface area contributed by atoms with Crippen molar-refractivity contribution in [3.63, 3.8) is 0 Å². The summed E-state index contributed by atoms with van der Waals surface area (Å²) < 4.78 is 18.2. The van der Waals surface area contributed by atoms with Crippen molar-refractivity contribution in [2.45, 2.75) is 12.8 Å². The van der Waals surface area contributed by atoms with Crippen LogP contribution in [0.5, 0.6) is 5.75 Å². The first-order valence-corrected chi connectivity index (χ1v) is 4.62. The highest BCUT2D eigenvalue weighted by atomic mass is 35.5. The molecule has 0 bridgehead atoms. The molecule has 0 aromatic heterocycles. The van der Waals surface area contributed by atoms with Gasteiger partial charge in [0.2, 0.25) is 0 Å². The van der Waals surface area contributed by atoms with Crippen molar-refractivity contribution >= 4 is 11.6 Å². The average molecular weight is 219 g/mol. The van der Waals surface area contributed by atoms with Crippen molar-refractivity contribution < 1.29 is 14.2 Å². The lowest BCUT2D eigenvalue weighted by Gasteiger charge is -2.15. The van der Waals surface area contributed by atoms with E-state index in [9.17, 15) is 4.39 Å². The summed E-state index contributed by atoms with van der Waals surface area (Å²) in [5.74, 6) is -0.598. The molecule has 0 radical (unpaired) electrons. The summed E-state index contributed by atoms with van der Waals surface area (Å²) in [6, 6.07) is 2.70. The Morgan fingerprint density at radius 2 is 2.21 bits per heavy atom. The predicted octanol–water partition coefficient (Wildman–Crippen LogP) is 2.58. The minimum Gasteiger partial charge on any atom is -0.493 e. The van der Waals surface area contributed by atoms with Crippen LogP contribution in [0.2, 0.25) is 5.02 Å². The number of hydrogen-bond donors (Lipinski definition) is 1. The molecular formula is C10H12ClFO2. The van der Waals surface area contributed by atoms with E-state index in [4.69, 9.17) is 21.4 Å². The summed E-state index contributed by atoms with van der Waals surface area (Å²) in [6.07, 6.45) is 0. The number of aliphatic hydroxyl groups excluding tert-OH is 1. The third kappa shape index (κ3) is 1.99. The summed E-state index contributed by atoms with van der Waals surface area (Å²) in [7, 11) is 1.38. The van der Waals surface area contributed by atoms with Gasteiger partial charge in [-0.1, -0.05) is 18.5 Å². The largest absolute Gasteiger partial charge is 0.493 e. The zero-order valence-electron chi connectivity index (χ0n) is 8.05. The predicted molar refractivity (Wildman–Crippen MR) is 53.5 cm³/mol. The molecule has 14 heavy (non-hydrogen) atoms. The van der Waals surface area contributed by atoms with Crippen molar-refractivity contribution in [2.75, 3.05) is 13.7 Å². The molecule has 78 valence electrons. The third-order valence-corrected chi connectivity index (χ3v) is 2.40. The number of ether oxygens (including phenoxy) is 1. The maximum atomic E-state index is 13.3. The zero-order chi connectivity index (χ0) is 10.7. The van der Waals surface area contributed by atoms with Crippen molar-refractivity contribution in [1.29, 1.82) is 0 Å². The van der Waals surface area contributed by atoms with E-state index in [1.54, 1.807) is 6.92 Å². The lowest BCUT2D eigenvalue weighted by atomic mass is 10.0. The van der Waals surface area contributed by atoms with Crippen LogP contribution in [0.3, 0.4) is 0 Å². The molecule has 0 aliphatic rings. The number of hydrogen-bond acceptors (Lipinski definition) is 2. The Morgan fingerprint density at radius 3 is 2.71 bits per heavy atom. The SMILES string of the molecule is COc1c(F)ccc(Cl)c1C(C)CO. The molecule has 1 unspecified atom stereocenters. The summed E-state index contributed by atoms with van der Waals surface area (Å²) in [5, 5.41) is 9.39. The minimum absolute atomic E-state index is 0.0977. The highest BCUT2D eigenvalue weighted by Crippen LogP contribution is 2.34. The average Bonchev–Trinajstić information content (AvgIpc) is 2.19. The quantitative estimate of drug-likeness (QED) is 0.845. The van der Waals surface area contributed by atoms with Gasteiger partial charge in [-0.05, 0) is 12.1 Å². The molecule has 4 heteroatoms. The van der Waals surface area contributed by atoms with E-state index in [0.717, 1.165) is 0 Å². The third-order valence-electron chi connectivity index (χ3n) is 2.07. The Kier molecular flexibility index (Phi) is 3.72. The normalized spacial score (nSPS) is 12.6. The molecule has 0 saturated carbocycles. The van der Waals surface area contributed by atoms with Gasteiger partial charge in [-0.2, -0.15) is 0 Å². The van der Waals surface area contributed by atoms with E-state index in [1.165, 1.54) is 19.2 Å². The molecule has 1 aromatic carbocycles. The van der Waals surface area contributed by atoms with Gasteiger partial charge in [0.1, 0.15) is 0 Å². The number of methoxy groups -OCH3 is 1. The zero-order valence-corrected chi connectivity index (χ0v) is 8.81. The van der Waals surface area contributed by atoms with E-state index < -0.39 is 5.82 Å². The highest BCUT2D eigenvalue weighted by Gasteiger charge is 2.18. The van der Waals surface area contributed by atoms with Crippen LogP contribution in [0.4, 0.5) is 4.39 Å². The molecule has 0 amide bonds. The maximum Gasteiger partial charge on any atom is 0.165 e. The number of halogens is 2. The number of aliphatic hydroxyl groups is 1. The molecule has 2 nitrogen and oxygen atoms in total. The van der Waals surface area contributed by atoms with E-state index in [-0.39, 0.29) is 18.3 Å². The van der Waals surface area contributed by atoms with Crippen molar-refractivity contribution in [2.24, 2.45) is 0 Å². The fraction of sp³-hybridized carbons (Fsp3) is 0.400. The van der Waals surface area contributed by atoms with E-state index in [1.807, 2.05) is 0 Å². The number of benzene rings is 1. The van der Waals surface area contributed by atoms with Gasteiger partial charge < -0.3 is 9.84 Å². The lowest BCUT2D eigenvalue weighted by molar-refractivity contribution is 0.268. The van der Waals surface area contributed by atoms with Gasteiger partial charge in [0.25, 0.3) is 0 Å². The summed E-state index contributed by atoms with van der Waals surface area (Å²) in [6.45, 7) is 1.66. The molecule has 1 rings (SSSR count). The molecule has 0 spiro atoms. The monoisotopic (exact) mass is 218 g/mol. The van der Waals surface area contributed by atoms with E-state index in [0.29, 0.717) is 10.6 Å². The summed E-state index contributed by atoms with van der Waals surface area (Å²) in [5.41, 5.74) is 0.511. The van der Waals surface area contributed by atoms with Gasteiger partial charge in [-0.3, -0.25) is 0 Å². The standard InChI is InChI=1S/C10H12ClFO2/c1-6(5-13)9-7(11)3-4-8(12)10(9)14-2/h3-4,6,13H,5H2,1-2H3. The van der Waals surface area contributed by atoms with Crippen LogP contribution in [0.25, 0.3) is 0 Å². The molecule has 0 heterocycles. The number of rotatable bonds is 3. The van der Waals surface area contributed by atoms with Crippen LogP contribution < -0.4 is 4.74 Å². The fourth-order valence-corrected chi connectivity index (χ4v) is 1.64. The van der Waals surface area contributed by atoms with Crippen molar-refractivity contribution in [1.82, 2.24) is 0 Å². The molecule has 0 fully saturated rings. The smallest absolute Gasteiger partial charge is 0.165 e. The molecule has 1 N–H and O–H groups in total. The maximum absolute atomic E-state index is 13.3. The molecule has 0 saturated heterocycles. The van der Waals surface area contributed by atoms with Crippen LogP contribution in [0.15, 0.2) is 12.1 Å². The van der Waals surface area contributed by atoms with Gasteiger partial charge in [0, 0.05) is 23.1 Å². The van der Waals surface area contributed by atoms with Gasteiger partial charge in [0.15, 0.2) is 11.6 Å². The topological polar surface area (TPSA) is 29.5 Å². The summed E-state index contributed by atoms with van der Waals surface area (Å²) >= 11 is 5.90. The molecule has 1 atom stereocenters. The summed E-state index contributed by atoms with van der Waals surface area (Å²) in [4.78, 5) is 0.